The van der Waals surface area contributed by atoms with Crippen molar-refractivity contribution in [3.8, 4) is 0 Å². The average molecular weight is 650 g/mol. The van der Waals surface area contributed by atoms with Crippen molar-refractivity contribution in [2.24, 2.45) is 11.8 Å². The van der Waals surface area contributed by atoms with Crippen LogP contribution in [0.3, 0.4) is 0 Å². The zero-order chi connectivity index (χ0) is 33.7. The molecular weight excluding hydrogens is 598 g/mol. The van der Waals surface area contributed by atoms with Crippen molar-refractivity contribution in [3.05, 3.63) is 65.2 Å². The Balaban J connectivity index is 1.41. The Morgan fingerprint density at radius 2 is 1.57 bits per heavy atom. The van der Waals surface area contributed by atoms with Crippen molar-refractivity contribution in [1.29, 1.82) is 0 Å². The van der Waals surface area contributed by atoms with E-state index in [9.17, 15) is 19.5 Å². The van der Waals surface area contributed by atoms with Gasteiger partial charge in [-0.15, -0.1) is 0 Å². The van der Waals surface area contributed by atoms with Crippen LogP contribution in [-0.2, 0) is 30.5 Å². The summed E-state index contributed by atoms with van der Waals surface area (Å²) in [5.74, 6) is -0.757. The van der Waals surface area contributed by atoms with Crippen molar-refractivity contribution in [1.82, 2.24) is 10.2 Å². The number of ether oxygens (including phenoxy) is 2. The number of hydrogen-bond donors (Lipinski definition) is 4. The van der Waals surface area contributed by atoms with Crippen LogP contribution in [0.5, 0.6) is 0 Å². The largest absolute Gasteiger partial charge is 0.481 e. The second kappa shape index (κ2) is 15.3. The van der Waals surface area contributed by atoms with Gasteiger partial charge in [0.25, 0.3) is 0 Å². The van der Waals surface area contributed by atoms with E-state index in [2.05, 4.69) is 22.5 Å². The minimum Gasteiger partial charge on any atom is -0.481 e. The molecule has 2 aromatic rings. The molecule has 2 aliphatic heterocycles. The van der Waals surface area contributed by atoms with Crippen LogP contribution in [0.25, 0.3) is 0 Å². The van der Waals surface area contributed by atoms with Gasteiger partial charge in [-0.25, -0.2) is 0 Å². The smallest absolute Gasteiger partial charge is 0.303 e. The second-order valence-corrected chi connectivity index (χ2v) is 14.5. The molecule has 10 heteroatoms. The molecule has 1 saturated carbocycles. The highest BCUT2D eigenvalue weighted by atomic mass is 16.7. The lowest BCUT2D eigenvalue weighted by atomic mass is 9.75. The maximum atomic E-state index is 13.7. The Morgan fingerprint density at radius 3 is 2.23 bits per heavy atom. The number of aliphatic hydroxyl groups is 1. The van der Waals surface area contributed by atoms with Crippen molar-refractivity contribution in [3.63, 3.8) is 0 Å². The van der Waals surface area contributed by atoms with E-state index in [4.69, 9.17) is 14.6 Å². The van der Waals surface area contributed by atoms with Crippen LogP contribution in [0, 0.1) is 11.8 Å². The molecule has 2 saturated heterocycles. The first-order valence-electron chi connectivity index (χ1n) is 17.1. The number of amides is 2. The fraction of sp³-hybridized carbons (Fsp3) is 0.595. The molecule has 1 aliphatic carbocycles. The van der Waals surface area contributed by atoms with E-state index in [0.717, 1.165) is 42.4 Å². The maximum Gasteiger partial charge on any atom is 0.303 e. The monoisotopic (exact) mass is 649 g/mol. The normalized spacial score (nSPS) is 28.2. The summed E-state index contributed by atoms with van der Waals surface area (Å²) >= 11 is 0. The molecule has 0 aromatic heterocycles. The van der Waals surface area contributed by atoms with Crippen molar-refractivity contribution in [2.75, 3.05) is 11.9 Å². The number of likely N-dealkylation sites (tertiary alicyclic amines) is 1. The summed E-state index contributed by atoms with van der Waals surface area (Å²) in [4.78, 5) is 39.2. The van der Waals surface area contributed by atoms with Crippen LogP contribution in [0.4, 0.5) is 5.69 Å². The van der Waals surface area contributed by atoms with Crippen LogP contribution < -0.4 is 10.6 Å². The van der Waals surface area contributed by atoms with E-state index in [-0.39, 0.29) is 61.0 Å². The Morgan fingerprint density at radius 1 is 0.894 bits per heavy atom. The van der Waals surface area contributed by atoms with Gasteiger partial charge in [-0.3, -0.25) is 19.3 Å². The van der Waals surface area contributed by atoms with E-state index in [0.29, 0.717) is 24.2 Å². The number of rotatable bonds is 10. The molecule has 5 rings (SSSR count). The van der Waals surface area contributed by atoms with Crippen LogP contribution in [0.2, 0.25) is 0 Å². The molecule has 0 spiro atoms. The molecule has 10 nitrogen and oxygen atoms in total. The minimum absolute atomic E-state index is 0.0330. The molecule has 256 valence electrons. The van der Waals surface area contributed by atoms with Crippen LogP contribution >= 0.6 is 0 Å². The summed E-state index contributed by atoms with van der Waals surface area (Å²) in [6.45, 7) is 8.78. The van der Waals surface area contributed by atoms with Crippen molar-refractivity contribution in [2.45, 2.75) is 122 Å². The maximum absolute atomic E-state index is 13.7. The van der Waals surface area contributed by atoms with E-state index >= 15 is 0 Å². The topological polar surface area (TPSA) is 137 Å². The Hall–Kier alpha value is -3.31. The fourth-order valence-corrected chi connectivity index (χ4v) is 7.43. The van der Waals surface area contributed by atoms with Crippen molar-refractivity contribution >= 4 is 23.5 Å². The highest BCUT2D eigenvalue weighted by molar-refractivity contribution is 5.92. The quantitative estimate of drug-likeness (QED) is 0.257. The summed E-state index contributed by atoms with van der Waals surface area (Å²) in [5, 5.41) is 24.5. The summed E-state index contributed by atoms with van der Waals surface area (Å²) < 4.78 is 13.5. The first kappa shape index (κ1) is 35.0. The lowest BCUT2D eigenvalue weighted by Crippen LogP contribution is -2.61. The number of fused-ring (bicyclic) bond motifs is 1. The molecule has 7 atom stereocenters. The molecule has 3 aliphatic rings. The molecule has 2 heterocycles. The number of nitrogens with zero attached hydrogens (tertiary/aromatic N) is 1. The Kier molecular flexibility index (Phi) is 11.4. The summed E-state index contributed by atoms with van der Waals surface area (Å²) in [5.41, 5.74) is 2.84. The molecule has 0 bridgehead atoms. The number of piperidine rings is 1. The molecular formula is C37H51N3O7. The van der Waals surface area contributed by atoms with Gasteiger partial charge in [0, 0.05) is 41.7 Å². The number of carboxylic acid groups (broad SMARTS) is 1. The van der Waals surface area contributed by atoms with E-state index < -0.39 is 12.3 Å². The van der Waals surface area contributed by atoms with Crippen molar-refractivity contribution < 1.29 is 34.1 Å². The summed E-state index contributed by atoms with van der Waals surface area (Å²) in [6.07, 6.45) is 5.01. The molecule has 2 amide bonds. The molecule has 0 radical (unpaired) electrons. The van der Waals surface area contributed by atoms with Gasteiger partial charge in [-0.1, -0.05) is 56.2 Å². The first-order valence-corrected chi connectivity index (χ1v) is 17.1. The number of anilines is 1. The zero-order valence-corrected chi connectivity index (χ0v) is 28.1. The van der Waals surface area contributed by atoms with E-state index in [1.807, 2.05) is 57.2 Å². The van der Waals surface area contributed by atoms with Gasteiger partial charge in [-0.2, -0.15) is 0 Å². The third-order valence-electron chi connectivity index (χ3n) is 9.85. The Labute approximate surface area is 278 Å². The van der Waals surface area contributed by atoms with Gasteiger partial charge in [0.05, 0.1) is 31.3 Å². The molecule has 3 fully saturated rings. The third-order valence-corrected chi connectivity index (χ3v) is 9.85. The number of aliphatic carboxylic acids is 1. The van der Waals surface area contributed by atoms with E-state index in [1.54, 1.807) is 12.1 Å². The highest BCUT2D eigenvalue weighted by Crippen LogP contribution is 2.44. The fourth-order valence-electron chi connectivity index (χ4n) is 7.43. The third kappa shape index (κ3) is 8.99. The number of benzene rings is 2. The highest BCUT2D eigenvalue weighted by Gasteiger charge is 2.46. The minimum atomic E-state index is -1.02. The summed E-state index contributed by atoms with van der Waals surface area (Å²) in [6, 6.07) is 15.2. The van der Waals surface area contributed by atoms with E-state index in [1.165, 1.54) is 12.8 Å². The number of carboxylic acids is 1. The van der Waals surface area contributed by atoms with Gasteiger partial charge in [0.1, 0.15) is 0 Å². The predicted molar refractivity (Wildman–Crippen MR) is 178 cm³/mol. The van der Waals surface area contributed by atoms with Gasteiger partial charge >= 0.3 is 5.97 Å². The number of carbonyl (C=O) groups is 3. The van der Waals surface area contributed by atoms with Crippen LogP contribution in [-0.4, -0.2) is 63.2 Å². The molecule has 47 heavy (non-hydrogen) atoms. The molecule has 2 aromatic carbocycles. The first-order chi connectivity index (χ1) is 22.4. The standard InChI is InChI=1S/C37H51N3O7/c1-23-31(21-40-29-8-6-5-7-25(29)15-18-30(40)35(45)39-37(2,3)4)46-36(47-34(23)26-11-9-24(22-41)10-12-26)27-13-16-28(17-14-27)38-32(42)19-20-33(43)44/h9-14,16-17,23,25,29-31,34,36,41H,5-8,15,18-22H2,1-4H3,(H,38,42)(H,39,45)(H,43,44)/t23-,25-,29-,30-,31+,34+,36+/m1/s1. The van der Waals surface area contributed by atoms with Gasteiger partial charge in [0.2, 0.25) is 11.8 Å². The van der Waals surface area contributed by atoms with Gasteiger partial charge in [-0.05, 0) is 75.6 Å². The van der Waals surface area contributed by atoms with Gasteiger partial charge < -0.3 is 30.3 Å². The predicted octanol–water partition coefficient (Wildman–Crippen LogP) is 5.71. The number of carbonyl (C=O) groups excluding carboxylic acids is 2. The Bertz CT molecular complexity index is 1370. The van der Waals surface area contributed by atoms with Gasteiger partial charge in [0.15, 0.2) is 6.29 Å². The number of aliphatic hydroxyl groups excluding tert-OH is 1. The average Bonchev–Trinajstić information content (AvgIpc) is 3.04. The molecule has 0 unspecified atom stereocenters. The molecule has 4 N–H and O–H groups in total. The second-order valence-electron chi connectivity index (χ2n) is 14.5. The SMILES string of the molecule is C[C@@H]1[C@H](CN2[C@@H](C(=O)NC(C)(C)C)CC[C@H]3CCCC[C@H]32)O[C@H](c2ccc(NC(=O)CCC(=O)O)cc2)O[C@@H]1c1ccc(CO)cc1. The van der Waals surface area contributed by atoms with Crippen LogP contribution in [0.1, 0.15) is 108 Å². The number of nitrogens with one attached hydrogen (secondary N) is 2. The lowest BCUT2D eigenvalue weighted by molar-refractivity contribution is -0.278. The zero-order valence-electron chi connectivity index (χ0n) is 28.1. The number of hydrogen-bond acceptors (Lipinski definition) is 7. The van der Waals surface area contributed by atoms with Crippen LogP contribution in [0.15, 0.2) is 48.5 Å². The summed E-state index contributed by atoms with van der Waals surface area (Å²) in [7, 11) is 0. The lowest BCUT2D eigenvalue weighted by Gasteiger charge is -2.51.